The van der Waals surface area contributed by atoms with E-state index in [-0.39, 0.29) is 34.6 Å². The predicted octanol–water partition coefficient (Wildman–Crippen LogP) is 5.54. The maximum Gasteiger partial charge on any atom is 0.264 e. The summed E-state index contributed by atoms with van der Waals surface area (Å²) in [6.45, 7) is 4.71. The molecule has 2 atom stereocenters. The summed E-state index contributed by atoms with van der Waals surface area (Å²) in [4.78, 5) is 28.4. The average Bonchev–Trinajstić information content (AvgIpc) is 2.94. The topological polar surface area (TPSA) is 86.8 Å². The molecular weight excluding hydrogens is 560 g/mol. The van der Waals surface area contributed by atoms with Crippen LogP contribution in [0.25, 0.3) is 0 Å². The van der Waals surface area contributed by atoms with Gasteiger partial charge in [0.05, 0.1) is 15.6 Å². The smallest absolute Gasteiger partial charge is 0.264 e. The van der Waals surface area contributed by atoms with Gasteiger partial charge < -0.3 is 10.2 Å². The first-order valence-electron chi connectivity index (χ1n) is 12.8. The van der Waals surface area contributed by atoms with E-state index in [2.05, 4.69) is 5.32 Å². The van der Waals surface area contributed by atoms with Crippen molar-refractivity contribution < 1.29 is 26.8 Å². The van der Waals surface area contributed by atoms with Gasteiger partial charge in [-0.2, -0.15) is 0 Å². The van der Waals surface area contributed by atoms with Crippen LogP contribution in [-0.2, 0) is 26.2 Å². The molecule has 3 aromatic rings. The van der Waals surface area contributed by atoms with E-state index < -0.39 is 46.1 Å². The third-order valence-corrected chi connectivity index (χ3v) is 8.53. The van der Waals surface area contributed by atoms with Crippen LogP contribution in [0.5, 0.6) is 0 Å². The van der Waals surface area contributed by atoms with Gasteiger partial charge in [0.25, 0.3) is 10.0 Å². The lowest BCUT2D eigenvalue weighted by molar-refractivity contribution is -0.140. The first-order chi connectivity index (χ1) is 19.0. The highest BCUT2D eigenvalue weighted by Gasteiger charge is 2.34. The average molecular weight is 592 g/mol. The second kappa shape index (κ2) is 13.7. The van der Waals surface area contributed by atoms with Crippen molar-refractivity contribution in [2.75, 3.05) is 10.8 Å². The summed E-state index contributed by atoms with van der Waals surface area (Å²) in [5.41, 5.74) is 0.522. The Hall–Kier alpha value is -3.50. The van der Waals surface area contributed by atoms with Gasteiger partial charge >= 0.3 is 0 Å². The molecule has 3 rings (SSSR count). The summed E-state index contributed by atoms with van der Waals surface area (Å²) in [7, 11) is -4.31. The number of hydrogen-bond donors (Lipinski definition) is 1. The normalized spacial score (nSPS) is 12.8. The fraction of sp³-hybridized carbons (Fsp3) is 0.310. The van der Waals surface area contributed by atoms with Gasteiger partial charge in [0.15, 0.2) is 0 Å². The highest BCUT2D eigenvalue weighted by Crippen LogP contribution is 2.28. The van der Waals surface area contributed by atoms with E-state index in [0.29, 0.717) is 12.0 Å². The lowest BCUT2D eigenvalue weighted by Gasteiger charge is -2.33. The summed E-state index contributed by atoms with van der Waals surface area (Å²) in [5, 5.41) is 2.56. The van der Waals surface area contributed by atoms with E-state index in [9.17, 15) is 26.8 Å². The zero-order valence-electron chi connectivity index (χ0n) is 22.5. The van der Waals surface area contributed by atoms with Crippen LogP contribution in [0.4, 0.5) is 14.5 Å². The van der Waals surface area contributed by atoms with Gasteiger partial charge in [0.2, 0.25) is 11.8 Å². The van der Waals surface area contributed by atoms with E-state index in [1.54, 1.807) is 13.0 Å². The van der Waals surface area contributed by atoms with E-state index in [1.807, 2.05) is 13.8 Å². The molecule has 11 heteroatoms. The Bertz CT molecular complexity index is 1420. The van der Waals surface area contributed by atoms with Crippen molar-refractivity contribution >= 4 is 39.1 Å². The molecule has 7 nitrogen and oxygen atoms in total. The number of halogens is 3. The Kier molecular flexibility index (Phi) is 10.6. The first-order valence-corrected chi connectivity index (χ1v) is 14.7. The molecule has 0 aliphatic rings. The molecule has 0 fully saturated rings. The van der Waals surface area contributed by atoms with Crippen molar-refractivity contribution in [1.82, 2.24) is 10.2 Å². The molecule has 0 heterocycles. The Labute approximate surface area is 238 Å². The Balaban J connectivity index is 2.06. The summed E-state index contributed by atoms with van der Waals surface area (Å²) >= 11 is 5.97. The van der Waals surface area contributed by atoms with Crippen LogP contribution >= 0.6 is 11.6 Å². The zero-order valence-corrected chi connectivity index (χ0v) is 24.1. The van der Waals surface area contributed by atoms with E-state index >= 15 is 0 Å². The van der Waals surface area contributed by atoms with Crippen LogP contribution in [-0.4, -0.2) is 43.8 Å². The number of carbonyl (C=O) groups is 2. The number of rotatable bonds is 12. The number of carbonyl (C=O) groups excluding carboxylic acids is 2. The van der Waals surface area contributed by atoms with Crippen LogP contribution in [0.1, 0.15) is 39.2 Å². The predicted molar refractivity (Wildman–Crippen MR) is 151 cm³/mol. The third-order valence-electron chi connectivity index (χ3n) is 6.45. The molecule has 2 amide bonds. The molecule has 0 unspecified atom stereocenters. The lowest BCUT2D eigenvalue weighted by Crippen LogP contribution is -2.53. The van der Waals surface area contributed by atoms with E-state index in [0.717, 1.165) is 16.4 Å². The number of benzene rings is 3. The third kappa shape index (κ3) is 7.57. The fourth-order valence-corrected chi connectivity index (χ4v) is 5.64. The number of sulfonamides is 1. The van der Waals surface area contributed by atoms with Gasteiger partial charge in [-0.05, 0) is 67.8 Å². The minimum atomic E-state index is -4.31. The SMILES string of the molecule is CC[C@H](C(=O)N[C@@H](C)CC)N(Cc1ccc(F)cc1)C(=O)CN(c1ccc(F)c(Cl)c1)S(=O)(=O)c1ccccc1. The maximum absolute atomic E-state index is 14.0. The van der Waals surface area contributed by atoms with Crippen molar-refractivity contribution in [3.05, 3.63) is 95.0 Å². The van der Waals surface area contributed by atoms with Gasteiger partial charge in [-0.15, -0.1) is 0 Å². The molecule has 0 aromatic heterocycles. The Morgan fingerprint density at radius 2 is 1.60 bits per heavy atom. The molecule has 0 saturated heterocycles. The maximum atomic E-state index is 14.0. The van der Waals surface area contributed by atoms with Crippen molar-refractivity contribution in [1.29, 1.82) is 0 Å². The summed E-state index contributed by atoms with van der Waals surface area (Å²) in [6, 6.07) is 15.2. The van der Waals surface area contributed by atoms with Gasteiger partial charge in [-0.3, -0.25) is 13.9 Å². The van der Waals surface area contributed by atoms with Gasteiger partial charge in [-0.1, -0.05) is 55.8 Å². The monoisotopic (exact) mass is 591 g/mol. The Morgan fingerprint density at radius 1 is 0.950 bits per heavy atom. The van der Waals surface area contributed by atoms with Gasteiger partial charge in [-0.25, -0.2) is 17.2 Å². The van der Waals surface area contributed by atoms with Gasteiger partial charge in [0.1, 0.15) is 24.2 Å². The largest absolute Gasteiger partial charge is 0.352 e. The molecule has 0 aliphatic carbocycles. The molecule has 0 bridgehead atoms. The highest BCUT2D eigenvalue weighted by molar-refractivity contribution is 7.92. The van der Waals surface area contributed by atoms with Crippen molar-refractivity contribution in [3.8, 4) is 0 Å². The van der Waals surface area contributed by atoms with E-state index in [4.69, 9.17) is 11.6 Å². The molecular formula is C29H32ClF2N3O4S. The van der Waals surface area contributed by atoms with Gasteiger partial charge in [0, 0.05) is 12.6 Å². The molecule has 1 N–H and O–H groups in total. The molecule has 0 spiro atoms. The number of nitrogens with one attached hydrogen (secondary N) is 1. The Morgan fingerprint density at radius 3 is 2.17 bits per heavy atom. The molecule has 0 saturated carbocycles. The molecule has 214 valence electrons. The number of amides is 2. The standard InChI is InChI=1S/C29H32ClF2N3O4S/c1-4-20(3)33-29(37)27(5-2)34(18-21-11-13-22(31)14-12-21)28(36)19-35(23-15-16-26(32)25(30)17-23)40(38,39)24-9-7-6-8-10-24/h6-17,20,27H,4-5,18-19H2,1-3H3,(H,33,37)/t20-,27+/m0/s1. The lowest BCUT2D eigenvalue weighted by atomic mass is 10.1. The molecule has 0 aliphatic heterocycles. The van der Waals surface area contributed by atoms with Crippen LogP contribution in [0.2, 0.25) is 5.02 Å². The molecule has 3 aromatic carbocycles. The highest BCUT2D eigenvalue weighted by atomic mass is 35.5. The van der Waals surface area contributed by atoms with Crippen molar-refractivity contribution in [3.63, 3.8) is 0 Å². The van der Waals surface area contributed by atoms with E-state index in [1.165, 1.54) is 59.5 Å². The van der Waals surface area contributed by atoms with Crippen molar-refractivity contribution in [2.24, 2.45) is 0 Å². The van der Waals surface area contributed by atoms with Crippen LogP contribution in [0.15, 0.2) is 77.7 Å². The first kappa shape index (κ1) is 31.0. The number of nitrogens with zero attached hydrogens (tertiary/aromatic N) is 2. The van der Waals surface area contributed by atoms with Crippen LogP contribution in [0, 0.1) is 11.6 Å². The quantitative estimate of drug-likeness (QED) is 0.300. The fourth-order valence-electron chi connectivity index (χ4n) is 4.04. The minimum absolute atomic E-state index is 0.0255. The summed E-state index contributed by atoms with van der Waals surface area (Å²) < 4.78 is 55.9. The minimum Gasteiger partial charge on any atom is -0.352 e. The number of anilines is 1. The zero-order chi connectivity index (χ0) is 29.4. The summed E-state index contributed by atoms with van der Waals surface area (Å²) in [6.07, 6.45) is 0.908. The molecule has 40 heavy (non-hydrogen) atoms. The second-order valence-electron chi connectivity index (χ2n) is 9.31. The molecule has 0 radical (unpaired) electrons. The van der Waals surface area contributed by atoms with Crippen molar-refractivity contribution in [2.45, 2.75) is 57.1 Å². The number of hydrogen-bond acceptors (Lipinski definition) is 4. The summed E-state index contributed by atoms with van der Waals surface area (Å²) in [5.74, 6) is -2.29. The van der Waals surface area contributed by atoms with Crippen LogP contribution in [0.3, 0.4) is 0 Å². The second-order valence-corrected chi connectivity index (χ2v) is 11.6. The van der Waals surface area contributed by atoms with Crippen LogP contribution < -0.4 is 9.62 Å².